The Morgan fingerprint density at radius 1 is 1.24 bits per heavy atom. The number of nitrogens with zero attached hydrogens (tertiary/aromatic N) is 3. The van der Waals surface area contributed by atoms with Crippen LogP contribution in [0.3, 0.4) is 0 Å². The Bertz CT molecular complexity index is 1200. The molecule has 4 amide bonds. The van der Waals surface area contributed by atoms with Gasteiger partial charge in [-0.3, -0.25) is 34.7 Å². The van der Waals surface area contributed by atoms with Crippen molar-refractivity contribution in [2.45, 2.75) is 26.3 Å². The summed E-state index contributed by atoms with van der Waals surface area (Å²) in [5, 5.41) is 11.7. The lowest BCUT2D eigenvalue weighted by atomic mass is 10.2. The third-order valence-electron chi connectivity index (χ3n) is 4.87. The monoisotopic (exact) mass is 470 g/mol. The third kappa shape index (κ3) is 4.90. The molecule has 10 nitrogen and oxygen atoms in total. The number of carbonyl (C=O) groups is 4. The summed E-state index contributed by atoms with van der Waals surface area (Å²) in [6, 6.07) is 8.82. The first kappa shape index (κ1) is 23.6. The van der Waals surface area contributed by atoms with E-state index in [2.05, 4.69) is 5.43 Å². The molecule has 1 unspecified atom stereocenters. The number of carbonyl (C=O) groups excluding carboxylic acids is 4. The van der Waals surface area contributed by atoms with Gasteiger partial charge in [0.25, 0.3) is 23.4 Å². The van der Waals surface area contributed by atoms with Crippen molar-refractivity contribution in [3.63, 3.8) is 0 Å². The smallest absolute Gasteiger partial charge is 0.274 e. The van der Waals surface area contributed by atoms with Gasteiger partial charge in [0, 0.05) is 17.7 Å². The summed E-state index contributed by atoms with van der Waals surface area (Å²) in [5.41, 5.74) is 2.84. The van der Waals surface area contributed by atoms with E-state index in [1.165, 1.54) is 18.2 Å². The summed E-state index contributed by atoms with van der Waals surface area (Å²) < 4.78 is 0. The van der Waals surface area contributed by atoms with Gasteiger partial charge in [-0.05, 0) is 43.7 Å². The minimum absolute atomic E-state index is 0.156. The van der Waals surface area contributed by atoms with Gasteiger partial charge >= 0.3 is 0 Å². The fourth-order valence-corrected chi connectivity index (χ4v) is 3.52. The number of anilines is 1. The number of hydrogen-bond donors (Lipinski definition) is 1. The van der Waals surface area contributed by atoms with Gasteiger partial charge in [-0.1, -0.05) is 29.8 Å². The van der Waals surface area contributed by atoms with Crippen molar-refractivity contribution in [1.82, 2.24) is 10.4 Å². The van der Waals surface area contributed by atoms with E-state index in [0.29, 0.717) is 5.69 Å². The van der Waals surface area contributed by atoms with Crippen LogP contribution < -0.4 is 10.3 Å². The Morgan fingerprint density at radius 2 is 1.97 bits per heavy atom. The van der Waals surface area contributed by atoms with Crippen molar-refractivity contribution in [2.75, 3.05) is 4.90 Å². The van der Waals surface area contributed by atoms with Gasteiger partial charge in [0.2, 0.25) is 5.91 Å². The number of nitrogens with one attached hydrogen (secondary N) is 1. The minimum atomic E-state index is -1.30. The Morgan fingerprint density at radius 3 is 2.61 bits per heavy atom. The fraction of sp³-hybridized carbons (Fsp3) is 0.182. The highest BCUT2D eigenvalue weighted by atomic mass is 35.5. The van der Waals surface area contributed by atoms with Crippen LogP contribution in [-0.2, 0) is 14.4 Å². The summed E-state index contributed by atoms with van der Waals surface area (Å²) in [6.45, 7) is 3.38. The number of hydrogen-bond acceptors (Lipinski definition) is 6. The van der Waals surface area contributed by atoms with Gasteiger partial charge in [0.05, 0.1) is 17.0 Å². The number of imide groups is 1. The molecule has 1 aliphatic heterocycles. The summed E-state index contributed by atoms with van der Waals surface area (Å²) in [6.07, 6.45) is 2.18. The van der Waals surface area contributed by atoms with Crippen molar-refractivity contribution in [3.8, 4) is 0 Å². The number of rotatable bonds is 5. The van der Waals surface area contributed by atoms with E-state index in [1.807, 2.05) is 0 Å². The fourth-order valence-electron chi connectivity index (χ4n) is 3.33. The first-order valence-corrected chi connectivity index (χ1v) is 10.2. The van der Waals surface area contributed by atoms with Crippen molar-refractivity contribution in [2.24, 2.45) is 0 Å². The third-order valence-corrected chi connectivity index (χ3v) is 5.19. The molecule has 1 fully saturated rings. The van der Waals surface area contributed by atoms with Gasteiger partial charge < -0.3 is 0 Å². The molecule has 0 bridgehead atoms. The van der Waals surface area contributed by atoms with Crippen LogP contribution in [0, 0.1) is 17.0 Å². The van der Waals surface area contributed by atoms with Gasteiger partial charge in [-0.15, -0.1) is 0 Å². The van der Waals surface area contributed by atoms with Crippen LogP contribution in [0.4, 0.5) is 11.4 Å². The summed E-state index contributed by atoms with van der Waals surface area (Å²) in [5.74, 6) is -2.86. The van der Waals surface area contributed by atoms with Gasteiger partial charge in [-0.2, -0.15) is 0 Å². The molecule has 2 aromatic carbocycles. The molecule has 0 aromatic heterocycles. The summed E-state index contributed by atoms with van der Waals surface area (Å²) >= 11 is 5.78. The van der Waals surface area contributed by atoms with Crippen LogP contribution in [0.2, 0.25) is 5.02 Å². The SMILES string of the molecule is CC=CC(=O)N(NC(=O)c1ccc(Cl)c([N+](=O)[O-])c1)C1CC(=O)N(c2cccc(C)c2)C1=O. The zero-order valence-electron chi connectivity index (χ0n) is 17.6. The van der Waals surface area contributed by atoms with Gasteiger partial charge in [0.15, 0.2) is 0 Å². The highest BCUT2D eigenvalue weighted by Crippen LogP contribution is 2.27. The highest BCUT2D eigenvalue weighted by molar-refractivity contribution is 6.32. The lowest BCUT2D eigenvalue weighted by molar-refractivity contribution is -0.384. The molecule has 0 aliphatic carbocycles. The summed E-state index contributed by atoms with van der Waals surface area (Å²) in [4.78, 5) is 62.6. The van der Waals surface area contributed by atoms with E-state index in [-0.39, 0.29) is 17.0 Å². The topological polar surface area (TPSA) is 130 Å². The van der Waals surface area contributed by atoms with Crippen LogP contribution in [0.15, 0.2) is 54.6 Å². The molecule has 1 atom stereocenters. The van der Waals surface area contributed by atoms with Crippen LogP contribution in [0.5, 0.6) is 0 Å². The van der Waals surface area contributed by atoms with E-state index in [4.69, 9.17) is 11.6 Å². The molecule has 170 valence electrons. The van der Waals surface area contributed by atoms with Crippen LogP contribution >= 0.6 is 11.6 Å². The number of hydrazine groups is 1. The maximum Gasteiger partial charge on any atom is 0.288 e. The van der Waals surface area contributed by atoms with Crippen LogP contribution in [0.25, 0.3) is 0 Å². The van der Waals surface area contributed by atoms with Crippen LogP contribution in [0.1, 0.15) is 29.3 Å². The molecule has 0 radical (unpaired) electrons. The van der Waals surface area contributed by atoms with E-state index in [9.17, 15) is 29.3 Å². The van der Waals surface area contributed by atoms with Crippen molar-refractivity contribution in [1.29, 1.82) is 0 Å². The zero-order valence-corrected chi connectivity index (χ0v) is 18.4. The molecule has 3 rings (SSSR count). The van der Waals surface area contributed by atoms with Crippen LogP contribution in [-0.4, -0.2) is 39.6 Å². The largest absolute Gasteiger partial charge is 0.288 e. The molecule has 0 saturated carbocycles. The molecule has 1 aliphatic rings. The number of nitro groups is 1. The van der Waals surface area contributed by atoms with E-state index in [0.717, 1.165) is 27.6 Å². The Hall–Kier alpha value is -4.05. The number of allylic oxidation sites excluding steroid dienone is 1. The maximum atomic E-state index is 13.1. The van der Waals surface area contributed by atoms with Gasteiger partial charge in [0.1, 0.15) is 11.1 Å². The lowest BCUT2D eigenvalue weighted by Gasteiger charge is -2.27. The summed E-state index contributed by atoms with van der Waals surface area (Å²) in [7, 11) is 0. The number of halogens is 1. The molecule has 11 heteroatoms. The van der Waals surface area contributed by atoms with Crippen molar-refractivity contribution in [3.05, 3.63) is 80.9 Å². The molecule has 33 heavy (non-hydrogen) atoms. The number of amides is 4. The standard InChI is InChI=1S/C22H19ClN4O6/c1-3-5-19(28)26(24-21(30)14-8-9-16(23)17(11-14)27(32)33)18-12-20(29)25(22(18)31)15-7-4-6-13(2)10-15/h3-11,18H,12H2,1-2H3,(H,24,30). The number of nitro benzene ring substituents is 1. The van der Waals surface area contributed by atoms with Gasteiger partial charge in [-0.25, -0.2) is 9.91 Å². The molecule has 1 saturated heterocycles. The lowest BCUT2D eigenvalue weighted by Crippen LogP contribution is -2.54. The van der Waals surface area contributed by atoms with Crippen molar-refractivity contribution < 1.29 is 24.1 Å². The highest BCUT2D eigenvalue weighted by Gasteiger charge is 2.45. The second kappa shape index (κ2) is 9.61. The average Bonchev–Trinajstić information content (AvgIpc) is 3.05. The molecule has 2 aromatic rings. The Kier molecular flexibility index (Phi) is 6.88. The molecule has 1 N–H and O–H groups in total. The quantitative estimate of drug-likeness (QED) is 0.309. The Labute approximate surface area is 193 Å². The average molecular weight is 471 g/mol. The maximum absolute atomic E-state index is 13.1. The Balaban J connectivity index is 1.92. The predicted octanol–water partition coefficient (Wildman–Crippen LogP) is 2.94. The first-order valence-electron chi connectivity index (χ1n) is 9.78. The molecule has 0 spiro atoms. The molecular formula is C22H19ClN4O6. The minimum Gasteiger partial charge on any atom is -0.274 e. The predicted molar refractivity (Wildman–Crippen MR) is 119 cm³/mol. The van der Waals surface area contributed by atoms with E-state index in [1.54, 1.807) is 38.1 Å². The molecular weight excluding hydrogens is 452 g/mol. The number of benzene rings is 2. The first-order chi connectivity index (χ1) is 15.6. The number of aryl methyl sites for hydroxylation is 1. The normalized spacial score (nSPS) is 15.7. The second-order valence-electron chi connectivity index (χ2n) is 7.20. The van der Waals surface area contributed by atoms with E-state index < -0.39 is 40.3 Å². The van der Waals surface area contributed by atoms with Crippen molar-refractivity contribution >= 4 is 46.6 Å². The second-order valence-corrected chi connectivity index (χ2v) is 7.61. The zero-order chi connectivity index (χ0) is 24.3. The van der Waals surface area contributed by atoms with E-state index >= 15 is 0 Å². The molecule has 1 heterocycles.